The van der Waals surface area contributed by atoms with Crippen LogP contribution >= 0.6 is 15.9 Å². The highest BCUT2D eigenvalue weighted by molar-refractivity contribution is 9.10. The number of benzene rings is 1. The van der Waals surface area contributed by atoms with Crippen molar-refractivity contribution >= 4 is 27.4 Å². The van der Waals surface area contributed by atoms with Gasteiger partial charge in [-0.2, -0.15) is 5.10 Å². The Kier molecular flexibility index (Phi) is 3.01. The lowest BCUT2D eigenvalue weighted by Gasteiger charge is -2.19. The van der Waals surface area contributed by atoms with Crippen molar-refractivity contribution in [1.29, 1.82) is 0 Å². The summed E-state index contributed by atoms with van der Waals surface area (Å²) in [7, 11) is 0. The summed E-state index contributed by atoms with van der Waals surface area (Å²) < 4.78 is 2.67. The fourth-order valence-corrected chi connectivity index (χ4v) is 3.74. The third-order valence-electron chi connectivity index (χ3n) is 4.43. The minimum absolute atomic E-state index is 0.190. The molecule has 3 aromatic rings. The van der Waals surface area contributed by atoms with Crippen LogP contribution in [-0.2, 0) is 5.41 Å². The molecule has 0 amide bonds. The van der Waals surface area contributed by atoms with E-state index in [1.807, 2.05) is 12.3 Å². The molecule has 1 N–H and O–H groups in total. The van der Waals surface area contributed by atoms with Gasteiger partial charge in [0.1, 0.15) is 5.82 Å². The van der Waals surface area contributed by atoms with Crippen LogP contribution in [0.3, 0.4) is 0 Å². The summed E-state index contributed by atoms with van der Waals surface area (Å²) in [5.74, 6) is 0.881. The summed E-state index contributed by atoms with van der Waals surface area (Å²) in [6.07, 6.45) is 4.77. The number of rotatable bonds is 2. The van der Waals surface area contributed by atoms with E-state index in [0.29, 0.717) is 6.04 Å². The molecule has 0 saturated heterocycles. The van der Waals surface area contributed by atoms with Gasteiger partial charge in [-0.3, -0.25) is 0 Å². The van der Waals surface area contributed by atoms with E-state index in [1.165, 1.54) is 11.1 Å². The van der Waals surface area contributed by atoms with Crippen molar-refractivity contribution < 1.29 is 0 Å². The predicted octanol–water partition coefficient (Wildman–Crippen LogP) is 4.33. The largest absolute Gasteiger partial charge is 0.363 e. The van der Waals surface area contributed by atoms with Crippen molar-refractivity contribution in [3.05, 3.63) is 58.3 Å². The summed E-state index contributed by atoms with van der Waals surface area (Å²) in [6, 6.07) is 11.0. The Morgan fingerprint density at radius 1 is 1.27 bits per heavy atom. The van der Waals surface area contributed by atoms with Crippen molar-refractivity contribution in [2.24, 2.45) is 0 Å². The summed E-state index contributed by atoms with van der Waals surface area (Å²) in [4.78, 5) is 4.66. The lowest BCUT2D eigenvalue weighted by Crippen LogP contribution is -2.15. The first kappa shape index (κ1) is 13.8. The average Bonchev–Trinajstić information content (AvgIpc) is 2.99. The maximum atomic E-state index is 4.66. The van der Waals surface area contributed by atoms with E-state index < -0.39 is 0 Å². The van der Waals surface area contributed by atoms with Crippen LogP contribution in [0.15, 0.2) is 47.2 Å². The van der Waals surface area contributed by atoms with Crippen LogP contribution in [0.4, 0.5) is 5.82 Å². The Bertz CT molecular complexity index is 853. The molecule has 22 heavy (non-hydrogen) atoms. The SMILES string of the molecule is CC1(C)CC(Nc2ccn3ncc(Br)c3n2)c2ccccc21. The molecular formula is C17H17BrN4. The van der Waals surface area contributed by atoms with E-state index in [-0.39, 0.29) is 5.41 Å². The third kappa shape index (κ3) is 2.11. The zero-order valence-corrected chi connectivity index (χ0v) is 14.1. The summed E-state index contributed by atoms with van der Waals surface area (Å²) >= 11 is 3.48. The van der Waals surface area contributed by atoms with Gasteiger partial charge < -0.3 is 5.32 Å². The molecule has 0 radical (unpaired) electrons. The molecule has 0 saturated carbocycles. The maximum absolute atomic E-state index is 4.66. The van der Waals surface area contributed by atoms with Crippen LogP contribution in [-0.4, -0.2) is 14.6 Å². The molecule has 5 heteroatoms. The average molecular weight is 357 g/mol. The Labute approximate surface area is 137 Å². The van der Waals surface area contributed by atoms with Crippen LogP contribution in [0.5, 0.6) is 0 Å². The second kappa shape index (κ2) is 4.81. The number of hydrogen-bond acceptors (Lipinski definition) is 3. The number of nitrogens with zero attached hydrogens (tertiary/aromatic N) is 3. The van der Waals surface area contributed by atoms with E-state index in [1.54, 1.807) is 10.7 Å². The first-order chi connectivity index (χ1) is 10.5. The molecule has 1 aromatic carbocycles. The molecule has 112 valence electrons. The van der Waals surface area contributed by atoms with E-state index in [2.05, 4.69) is 69.4 Å². The Hall–Kier alpha value is -1.88. The van der Waals surface area contributed by atoms with Gasteiger partial charge in [0.2, 0.25) is 0 Å². The summed E-state index contributed by atoms with van der Waals surface area (Å²) in [6.45, 7) is 4.61. The first-order valence-corrected chi connectivity index (χ1v) is 8.20. The monoisotopic (exact) mass is 356 g/mol. The zero-order chi connectivity index (χ0) is 15.3. The first-order valence-electron chi connectivity index (χ1n) is 7.40. The Balaban J connectivity index is 1.70. The second-order valence-electron chi connectivity index (χ2n) is 6.45. The van der Waals surface area contributed by atoms with Crippen molar-refractivity contribution in [2.75, 3.05) is 5.32 Å². The predicted molar refractivity (Wildman–Crippen MR) is 91.1 cm³/mol. The van der Waals surface area contributed by atoms with Gasteiger partial charge in [-0.05, 0) is 45.0 Å². The van der Waals surface area contributed by atoms with Crippen LogP contribution in [0.2, 0.25) is 0 Å². The van der Waals surface area contributed by atoms with E-state index >= 15 is 0 Å². The lowest BCUT2D eigenvalue weighted by molar-refractivity contribution is 0.493. The van der Waals surface area contributed by atoms with Crippen LogP contribution in [0, 0.1) is 0 Å². The number of aromatic nitrogens is 3. The van der Waals surface area contributed by atoms with E-state index in [9.17, 15) is 0 Å². The Morgan fingerprint density at radius 3 is 2.95 bits per heavy atom. The van der Waals surface area contributed by atoms with Gasteiger partial charge in [0.25, 0.3) is 0 Å². The van der Waals surface area contributed by atoms with Crippen molar-refractivity contribution in [3.63, 3.8) is 0 Å². The number of halogens is 1. The van der Waals surface area contributed by atoms with E-state index in [4.69, 9.17) is 0 Å². The molecule has 4 nitrogen and oxygen atoms in total. The molecule has 1 unspecified atom stereocenters. The molecule has 1 aliphatic rings. The van der Waals surface area contributed by atoms with Crippen molar-refractivity contribution in [2.45, 2.75) is 31.7 Å². The summed E-state index contributed by atoms with van der Waals surface area (Å²) in [5.41, 5.74) is 3.83. The number of fused-ring (bicyclic) bond motifs is 2. The van der Waals surface area contributed by atoms with Gasteiger partial charge in [-0.25, -0.2) is 9.50 Å². The second-order valence-corrected chi connectivity index (χ2v) is 7.30. The molecule has 0 spiro atoms. The van der Waals surface area contributed by atoms with Crippen molar-refractivity contribution in [3.8, 4) is 0 Å². The van der Waals surface area contributed by atoms with Gasteiger partial charge in [-0.15, -0.1) is 0 Å². The van der Waals surface area contributed by atoms with Crippen molar-refractivity contribution in [1.82, 2.24) is 14.6 Å². The molecular weight excluding hydrogens is 340 g/mol. The molecule has 1 atom stereocenters. The standard InChI is InChI=1S/C17H17BrN4/c1-17(2)9-14(11-5-3-4-6-12(11)17)20-15-7-8-22-16(21-15)13(18)10-19-22/h3-8,10,14H,9H2,1-2H3,(H,20,21). The molecule has 1 aliphatic carbocycles. The number of hydrogen-bond donors (Lipinski definition) is 1. The molecule has 0 aliphatic heterocycles. The molecule has 2 heterocycles. The molecule has 4 rings (SSSR count). The number of anilines is 1. The van der Waals surface area contributed by atoms with Crippen LogP contribution in [0.25, 0.3) is 5.65 Å². The van der Waals surface area contributed by atoms with Gasteiger partial charge in [0.05, 0.1) is 16.7 Å². The Morgan fingerprint density at radius 2 is 2.09 bits per heavy atom. The third-order valence-corrected chi connectivity index (χ3v) is 4.99. The fraction of sp³-hybridized carbons (Fsp3) is 0.294. The van der Waals surface area contributed by atoms with Crippen LogP contribution < -0.4 is 5.32 Å². The highest BCUT2D eigenvalue weighted by Crippen LogP contribution is 2.45. The topological polar surface area (TPSA) is 42.2 Å². The normalized spacial score (nSPS) is 19.3. The van der Waals surface area contributed by atoms with Gasteiger partial charge in [0, 0.05) is 6.20 Å². The summed E-state index contributed by atoms with van der Waals surface area (Å²) in [5, 5.41) is 7.82. The fourth-order valence-electron chi connectivity index (χ4n) is 3.38. The molecule has 2 aromatic heterocycles. The minimum atomic E-state index is 0.190. The minimum Gasteiger partial charge on any atom is -0.363 e. The van der Waals surface area contributed by atoms with Gasteiger partial charge in [-0.1, -0.05) is 38.1 Å². The highest BCUT2D eigenvalue weighted by Gasteiger charge is 2.36. The zero-order valence-electron chi connectivity index (χ0n) is 12.5. The number of nitrogens with one attached hydrogen (secondary N) is 1. The maximum Gasteiger partial charge on any atom is 0.171 e. The quantitative estimate of drug-likeness (QED) is 0.743. The van der Waals surface area contributed by atoms with Gasteiger partial charge >= 0.3 is 0 Å². The molecule has 0 fully saturated rings. The van der Waals surface area contributed by atoms with E-state index in [0.717, 1.165) is 22.4 Å². The smallest absolute Gasteiger partial charge is 0.171 e. The molecule has 0 bridgehead atoms. The lowest BCUT2D eigenvalue weighted by atomic mass is 9.86. The highest BCUT2D eigenvalue weighted by atomic mass is 79.9. The van der Waals surface area contributed by atoms with Crippen LogP contribution in [0.1, 0.15) is 37.4 Å². The van der Waals surface area contributed by atoms with Gasteiger partial charge in [0.15, 0.2) is 5.65 Å².